The molecule has 0 saturated carbocycles. The number of likely N-dealkylation sites (N-methyl/N-ethyl adjacent to an activating group) is 1. The first-order chi connectivity index (χ1) is 14.2. The summed E-state index contributed by atoms with van der Waals surface area (Å²) in [6, 6.07) is 23.0. The molecule has 4 heteroatoms. The van der Waals surface area contributed by atoms with Crippen LogP contribution in [-0.2, 0) is 17.8 Å². The van der Waals surface area contributed by atoms with E-state index in [2.05, 4.69) is 58.4 Å². The normalized spacial score (nSPS) is 17.9. The molecule has 148 valence electrons. The highest BCUT2D eigenvalue weighted by Gasteiger charge is 2.29. The number of carbonyl (C=O) groups is 1. The van der Waals surface area contributed by atoms with Crippen LogP contribution in [0.1, 0.15) is 11.1 Å². The second-order valence-electron chi connectivity index (χ2n) is 7.77. The molecule has 1 unspecified atom stereocenters. The highest BCUT2D eigenvalue weighted by molar-refractivity contribution is 5.80. The van der Waals surface area contributed by atoms with E-state index in [1.165, 1.54) is 16.7 Å². The first-order valence-corrected chi connectivity index (χ1v) is 10.2. The van der Waals surface area contributed by atoms with Crippen LogP contribution in [-0.4, -0.2) is 47.4 Å². The van der Waals surface area contributed by atoms with Crippen molar-refractivity contribution >= 4 is 5.91 Å². The maximum atomic E-state index is 13.1. The molecule has 0 radical (unpaired) electrons. The molecular formula is C25H27N3O. The zero-order valence-corrected chi connectivity index (χ0v) is 16.9. The van der Waals surface area contributed by atoms with E-state index < -0.39 is 0 Å². The fourth-order valence-electron chi connectivity index (χ4n) is 4.11. The third-order valence-electron chi connectivity index (χ3n) is 5.68. The topological polar surface area (TPSA) is 36.4 Å². The van der Waals surface area contributed by atoms with Crippen molar-refractivity contribution in [3.63, 3.8) is 0 Å². The van der Waals surface area contributed by atoms with Crippen LogP contribution in [0.4, 0.5) is 0 Å². The summed E-state index contributed by atoms with van der Waals surface area (Å²) in [6.07, 6.45) is 4.38. The average molecular weight is 386 g/mol. The molecule has 2 aromatic carbocycles. The van der Waals surface area contributed by atoms with Crippen LogP contribution in [0.3, 0.4) is 0 Å². The van der Waals surface area contributed by atoms with E-state index in [1.807, 2.05) is 42.5 Å². The molecule has 0 aliphatic carbocycles. The highest BCUT2D eigenvalue weighted by atomic mass is 16.2. The summed E-state index contributed by atoms with van der Waals surface area (Å²) in [5, 5.41) is 0. The number of hydrogen-bond donors (Lipinski definition) is 0. The number of nitrogens with zero attached hydrogens (tertiary/aromatic N) is 3. The second-order valence-corrected chi connectivity index (χ2v) is 7.77. The quantitative estimate of drug-likeness (QED) is 0.669. The Labute approximate surface area is 172 Å². The molecule has 1 fully saturated rings. The van der Waals surface area contributed by atoms with Gasteiger partial charge in [-0.1, -0.05) is 54.6 Å². The Kier molecular flexibility index (Phi) is 6.01. The van der Waals surface area contributed by atoms with Gasteiger partial charge < -0.3 is 4.90 Å². The Morgan fingerprint density at radius 3 is 2.45 bits per heavy atom. The smallest absolute Gasteiger partial charge is 0.227 e. The van der Waals surface area contributed by atoms with Gasteiger partial charge in [-0.15, -0.1) is 0 Å². The lowest BCUT2D eigenvalue weighted by Crippen LogP contribution is -2.34. The van der Waals surface area contributed by atoms with Crippen LogP contribution in [0, 0.1) is 5.92 Å². The lowest BCUT2D eigenvalue weighted by molar-refractivity contribution is -0.133. The first kappa shape index (κ1) is 19.3. The summed E-state index contributed by atoms with van der Waals surface area (Å²) in [4.78, 5) is 21.5. The monoisotopic (exact) mass is 385 g/mol. The van der Waals surface area contributed by atoms with Gasteiger partial charge in [-0.3, -0.25) is 14.7 Å². The third kappa shape index (κ3) is 4.72. The Balaban J connectivity index is 1.57. The van der Waals surface area contributed by atoms with Crippen molar-refractivity contribution < 1.29 is 4.79 Å². The molecular weight excluding hydrogens is 358 g/mol. The van der Waals surface area contributed by atoms with E-state index in [0.29, 0.717) is 0 Å². The molecule has 1 amide bonds. The van der Waals surface area contributed by atoms with Crippen molar-refractivity contribution in [1.29, 1.82) is 0 Å². The molecule has 0 N–H and O–H groups in total. The molecule has 4 nitrogen and oxygen atoms in total. The van der Waals surface area contributed by atoms with Crippen LogP contribution < -0.4 is 0 Å². The Morgan fingerprint density at radius 1 is 0.931 bits per heavy atom. The lowest BCUT2D eigenvalue weighted by Gasteiger charge is -2.24. The zero-order chi connectivity index (χ0) is 20.1. The molecule has 1 saturated heterocycles. The predicted molar refractivity (Wildman–Crippen MR) is 116 cm³/mol. The molecule has 0 bridgehead atoms. The van der Waals surface area contributed by atoms with E-state index in [1.54, 1.807) is 0 Å². The number of benzene rings is 2. The number of rotatable bonds is 5. The molecule has 1 aliphatic heterocycles. The van der Waals surface area contributed by atoms with Gasteiger partial charge in [0, 0.05) is 45.6 Å². The van der Waals surface area contributed by atoms with Crippen molar-refractivity contribution in [2.75, 3.05) is 26.7 Å². The van der Waals surface area contributed by atoms with Gasteiger partial charge in [0.1, 0.15) is 0 Å². The molecule has 29 heavy (non-hydrogen) atoms. The van der Waals surface area contributed by atoms with Gasteiger partial charge in [0.2, 0.25) is 5.91 Å². The Bertz CT molecular complexity index is 943. The fraction of sp³-hybridized carbons (Fsp3) is 0.280. The minimum Gasteiger partial charge on any atom is -0.344 e. The van der Waals surface area contributed by atoms with Gasteiger partial charge in [0.15, 0.2) is 0 Å². The van der Waals surface area contributed by atoms with E-state index in [4.69, 9.17) is 0 Å². The summed E-state index contributed by atoms with van der Waals surface area (Å²) in [6.45, 7) is 3.33. The molecule has 0 spiro atoms. The second kappa shape index (κ2) is 9.01. The molecule has 1 atom stereocenters. The van der Waals surface area contributed by atoms with E-state index in [9.17, 15) is 4.79 Å². The van der Waals surface area contributed by atoms with Crippen molar-refractivity contribution in [3.8, 4) is 11.1 Å². The fourth-order valence-corrected chi connectivity index (χ4v) is 4.11. The molecule has 3 aromatic rings. The van der Waals surface area contributed by atoms with E-state index >= 15 is 0 Å². The lowest BCUT2D eigenvalue weighted by atomic mass is 9.91. The highest BCUT2D eigenvalue weighted by Crippen LogP contribution is 2.27. The largest absolute Gasteiger partial charge is 0.344 e. The zero-order valence-electron chi connectivity index (χ0n) is 16.9. The van der Waals surface area contributed by atoms with Gasteiger partial charge in [-0.2, -0.15) is 0 Å². The van der Waals surface area contributed by atoms with Crippen molar-refractivity contribution in [2.45, 2.75) is 13.0 Å². The standard InChI is InChI=1S/C25H27N3O/c1-27-15-16-28(18-20-7-3-2-4-8-20)19-23(25(27)29)17-22-9-5-6-10-24(22)21-11-13-26-14-12-21/h2-14,23H,15-19H2,1H3. The number of pyridine rings is 1. The molecule has 2 heterocycles. The van der Waals surface area contributed by atoms with Gasteiger partial charge in [0.25, 0.3) is 0 Å². The van der Waals surface area contributed by atoms with Gasteiger partial charge in [-0.05, 0) is 40.8 Å². The number of amides is 1. The van der Waals surface area contributed by atoms with E-state index in [-0.39, 0.29) is 11.8 Å². The van der Waals surface area contributed by atoms with Crippen LogP contribution in [0.15, 0.2) is 79.1 Å². The van der Waals surface area contributed by atoms with E-state index in [0.717, 1.165) is 38.2 Å². The molecule has 1 aliphatic rings. The number of hydrogen-bond acceptors (Lipinski definition) is 3. The summed E-state index contributed by atoms with van der Waals surface area (Å²) < 4.78 is 0. The maximum Gasteiger partial charge on any atom is 0.227 e. The maximum absolute atomic E-state index is 13.1. The van der Waals surface area contributed by atoms with Crippen molar-refractivity contribution in [3.05, 3.63) is 90.3 Å². The number of aromatic nitrogens is 1. The molecule has 1 aromatic heterocycles. The van der Waals surface area contributed by atoms with Gasteiger partial charge in [0.05, 0.1) is 5.92 Å². The van der Waals surface area contributed by atoms with Crippen LogP contribution >= 0.6 is 0 Å². The summed E-state index contributed by atoms with van der Waals surface area (Å²) in [5.41, 5.74) is 4.84. The third-order valence-corrected chi connectivity index (χ3v) is 5.68. The first-order valence-electron chi connectivity index (χ1n) is 10.2. The average Bonchev–Trinajstić information content (AvgIpc) is 2.89. The number of carbonyl (C=O) groups excluding carboxylic acids is 1. The van der Waals surface area contributed by atoms with Crippen molar-refractivity contribution in [2.24, 2.45) is 5.92 Å². The Morgan fingerprint density at radius 2 is 1.66 bits per heavy atom. The Hall–Kier alpha value is -2.98. The minimum absolute atomic E-state index is 0.0470. The minimum atomic E-state index is -0.0470. The molecule has 4 rings (SSSR count). The van der Waals surface area contributed by atoms with Crippen LogP contribution in [0.25, 0.3) is 11.1 Å². The summed E-state index contributed by atoms with van der Waals surface area (Å²) >= 11 is 0. The SMILES string of the molecule is CN1CCN(Cc2ccccc2)CC(Cc2ccccc2-c2ccncc2)C1=O. The van der Waals surface area contributed by atoms with Gasteiger partial charge in [-0.25, -0.2) is 0 Å². The summed E-state index contributed by atoms with van der Waals surface area (Å²) in [5.74, 6) is 0.194. The predicted octanol–water partition coefficient (Wildman–Crippen LogP) is 3.88. The summed E-state index contributed by atoms with van der Waals surface area (Å²) in [7, 11) is 1.93. The van der Waals surface area contributed by atoms with Crippen molar-refractivity contribution in [1.82, 2.24) is 14.8 Å². The van der Waals surface area contributed by atoms with Crippen LogP contribution in [0.5, 0.6) is 0 Å². The van der Waals surface area contributed by atoms with Crippen LogP contribution in [0.2, 0.25) is 0 Å². The van der Waals surface area contributed by atoms with Gasteiger partial charge >= 0.3 is 0 Å².